The van der Waals surface area contributed by atoms with Gasteiger partial charge in [0.05, 0.1) is 0 Å². The van der Waals surface area contributed by atoms with Gasteiger partial charge in [0.25, 0.3) is 0 Å². The lowest BCUT2D eigenvalue weighted by atomic mass is 10.2. The van der Waals surface area contributed by atoms with E-state index in [1.54, 1.807) is 12.4 Å². The van der Waals surface area contributed by atoms with Crippen LogP contribution >= 0.6 is 0 Å². The van der Waals surface area contributed by atoms with Gasteiger partial charge in [0.2, 0.25) is 0 Å². The van der Waals surface area contributed by atoms with Crippen LogP contribution in [0.25, 0.3) is 0 Å². The van der Waals surface area contributed by atoms with Gasteiger partial charge in [0, 0.05) is 24.3 Å². The summed E-state index contributed by atoms with van der Waals surface area (Å²) in [7, 11) is 0. The maximum absolute atomic E-state index is 5.84. The highest BCUT2D eigenvalue weighted by Gasteiger charge is 2.11. The molecule has 13 heavy (non-hydrogen) atoms. The molecule has 0 fully saturated rings. The van der Waals surface area contributed by atoms with Gasteiger partial charge >= 0.3 is 0 Å². The highest BCUT2D eigenvalue weighted by molar-refractivity contribution is 5.73. The lowest BCUT2D eigenvalue weighted by molar-refractivity contribution is 0.858. The molecule has 3 nitrogen and oxygen atoms in total. The Morgan fingerprint density at radius 1 is 1.23 bits per heavy atom. The number of nitrogens with zero attached hydrogens (tertiary/aromatic N) is 2. The summed E-state index contributed by atoms with van der Waals surface area (Å²) in [5.74, 6) is 0. The molecule has 1 aliphatic heterocycles. The molecule has 0 saturated carbocycles. The quantitative estimate of drug-likeness (QED) is 0.696. The minimum atomic E-state index is -0.160. The molecule has 2 rings (SSSR count). The summed E-state index contributed by atoms with van der Waals surface area (Å²) in [4.78, 5) is 5.93. The molecule has 1 aromatic carbocycles. The molecule has 1 unspecified atom stereocenters. The van der Waals surface area contributed by atoms with Crippen LogP contribution in [0.5, 0.6) is 0 Å². The SMILES string of the molecule is NC1C=NC=CN1c1ccccc1. The fourth-order valence-corrected chi connectivity index (χ4v) is 1.28. The van der Waals surface area contributed by atoms with E-state index in [1.807, 2.05) is 41.4 Å². The zero-order chi connectivity index (χ0) is 9.10. The van der Waals surface area contributed by atoms with Crippen LogP contribution in [-0.2, 0) is 0 Å². The van der Waals surface area contributed by atoms with Gasteiger partial charge in [-0.05, 0) is 12.1 Å². The summed E-state index contributed by atoms with van der Waals surface area (Å²) in [6, 6.07) is 9.99. The minimum absolute atomic E-state index is 0.160. The number of hydrogen-bond acceptors (Lipinski definition) is 3. The van der Waals surface area contributed by atoms with Crippen molar-refractivity contribution in [1.29, 1.82) is 0 Å². The average Bonchev–Trinajstić information content (AvgIpc) is 2.20. The third-order valence-corrected chi connectivity index (χ3v) is 1.93. The molecule has 0 radical (unpaired) electrons. The number of benzene rings is 1. The molecule has 0 bridgehead atoms. The summed E-state index contributed by atoms with van der Waals surface area (Å²) >= 11 is 0. The highest BCUT2D eigenvalue weighted by atomic mass is 15.2. The molecule has 1 aliphatic rings. The van der Waals surface area contributed by atoms with Crippen LogP contribution in [0.3, 0.4) is 0 Å². The molecule has 0 aliphatic carbocycles. The lowest BCUT2D eigenvalue weighted by Crippen LogP contribution is -2.41. The molecular formula is C10H11N3. The Morgan fingerprint density at radius 3 is 2.69 bits per heavy atom. The van der Waals surface area contributed by atoms with E-state index < -0.39 is 0 Å². The maximum Gasteiger partial charge on any atom is 0.118 e. The van der Waals surface area contributed by atoms with E-state index in [9.17, 15) is 0 Å². The first kappa shape index (κ1) is 8.01. The predicted octanol–water partition coefficient (Wildman–Crippen LogP) is 1.33. The van der Waals surface area contributed by atoms with E-state index in [0.717, 1.165) is 5.69 Å². The van der Waals surface area contributed by atoms with Gasteiger partial charge in [-0.25, -0.2) is 0 Å². The Morgan fingerprint density at radius 2 is 2.00 bits per heavy atom. The van der Waals surface area contributed by atoms with E-state index >= 15 is 0 Å². The normalized spacial score (nSPS) is 20.7. The van der Waals surface area contributed by atoms with Crippen molar-refractivity contribution < 1.29 is 0 Å². The van der Waals surface area contributed by atoms with Crippen molar-refractivity contribution in [1.82, 2.24) is 0 Å². The Hall–Kier alpha value is -1.61. The second-order valence-corrected chi connectivity index (χ2v) is 2.83. The topological polar surface area (TPSA) is 41.6 Å². The van der Waals surface area contributed by atoms with Crippen molar-refractivity contribution in [2.75, 3.05) is 4.90 Å². The molecule has 3 heteroatoms. The number of aliphatic imine (C=N–C) groups is 1. The summed E-state index contributed by atoms with van der Waals surface area (Å²) in [6.07, 6.45) is 5.16. The standard InChI is InChI=1S/C10H11N3/c11-10-8-12-6-7-13(10)9-4-2-1-3-5-9/h1-8,10H,11H2. The van der Waals surface area contributed by atoms with Crippen LogP contribution < -0.4 is 10.6 Å². The first-order valence-electron chi connectivity index (χ1n) is 4.17. The van der Waals surface area contributed by atoms with Crippen molar-refractivity contribution in [2.45, 2.75) is 6.17 Å². The van der Waals surface area contributed by atoms with Crippen LogP contribution in [0.1, 0.15) is 0 Å². The number of rotatable bonds is 1. The molecule has 0 spiro atoms. The zero-order valence-electron chi connectivity index (χ0n) is 7.17. The van der Waals surface area contributed by atoms with E-state index in [2.05, 4.69) is 4.99 Å². The Kier molecular flexibility index (Phi) is 2.10. The van der Waals surface area contributed by atoms with Gasteiger partial charge in [0.1, 0.15) is 6.17 Å². The maximum atomic E-state index is 5.84. The largest absolute Gasteiger partial charge is 0.326 e. The average molecular weight is 173 g/mol. The van der Waals surface area contributed by atoms with Crippen molar-refractivity contribution in [3.8, 4) is 0 Å². The van der Waals surface area contributed by atoms with Crippen molar-refractivity contribution in [2.24, 2.45) is 10.7 Å². The fourth-order valence-electron chi connectivity index (χ4n) is 1.28. The minimum Gasteiger partial charge on any atom is -0.326 e. The monoisotopic (exact) mass is 173 g/mol. The second-order valence-electron chi connectivity index (χ2n) is 2.83. The van der Waals surface area contributed by atoms with Crippen LogP contribution in [0, 0.1) is 0 Å². The number of nitrogens with two attached hydrogens (primary N) is 1. The molecule has 1 atom stereocenters. The summed E-state index contributed by atoms with van der Waals surface area (Å²) in [5.41, 5.74) is 6.92. The van der Waals surface area contributed by atoms with Crippen LogP contribution in [0.4, 0.5) is 5.69 Å². The number of hydrogen-bond donors (Lipinski definition) is 1. The first-order valence-corrected chi connectivity index (χ1v) is 4.17. The predicted molar refractivity (Wildman–Crippen MR) is 54.5 cm³/mol. The Bertz CT molecular complexity index is 329. The third-order valence-electron chi connectivity index (χ3n) is 1.93. The Labute approximate surface area is 77.2 Å². The smallest absolute Gasteiger partial charge is 0.118 e. The lowest BCUT2D eigenvalue weighted by Gasteiger charge is -2.26. The van der Waals surface area contributed by atoms with Crippen molar-refractivity contribution >= 4 is 11.9 Å². The second kappa shape index (κ2) is 3.41. The molecule has 1 aromatic rings. The summed E-state index contributed by atoms with van der Waals surface area (Å²) in [5, 5.41) is 0. The zero-order valence-corrected chi connectivity index (χ0v) is 7.17. The third kappa shape index (κ3) is 1.60. The van der Waals surface area contributed by atoms with Gasteiger partial charge in [-0.15, -0.1) is 0 Å². The Balaban J connectivity index is 2.27. The van der Waals surface area contributed by atoms with Crippen LogP contribution in [-0.4, -0.2) is 12.4 Å². The van der Waals surface area contributed by atoms with Gasteiger partial charge in [0.15, 0.2) is 0 Å². The molecule has 2 N–H and O–H groups in total. The molecule has 0 amide bonds. The summed E-state index contributed by atoms with van der Waals surface area (Å²) < 4.78 is 0. The molecule has 1 heterocycles. The number of para-hydroxylation sites is 1. The van der Waals surface area contributed by atoms with E-state index in [4.69, 9.17) is 5.73 Å². The molecule has 66 valence electrons. The van der Waals surface area contributed by atoms with Crippen molar-refractivity contribution in [3.05, 3.63) is 42.7 Å². The van der Waals surface area contributed by atoms with E-state index in [0.29, 0.717) is 0 Å². The molecule has 0 aromatic heterocycles. The summed E-state index contributed by atoms with van der Waals surface area (Å²) in [6.45, 7) is 0. The van der Waals surface area contributed by atoms with Gasteiger partial charge in [-0.2, -0.15) is 0 Å². The highest BCUT2D eigenvalue weighted by Crippen LogP contribution is 2.15. The van der Waals surface area contributed by atoms with Gasteiger partial charge < -0.3 is 10.6 Å². The molecular weight excluding hydrogens is 162 g/mol. The van der Waals surface area contributed by atoms with Crippen molar-refractivity contribution in [3.63, 3.8) is 0 Å². The fraction of sp³-hybridized carbons (Fsp3) is 0.100. The van der Waals surface area contributed by atoms with Gasteiger partial charge in [-0.1, -0.05) is 18.2 Å². The molecule has 0 saturated heterocycles. The van der Waals surface area contributed by atoms with E-state index in [-0.39, 0.29) is 6.17 Å². The first-order chi connectivity index (χ1) is 6.38. The van der Waals surface area contributed by atoms with Crippen LogP contribution in [0.2, 0.25) is 0 Å². The van der Waals surface area contributed by atoms with E-state index in [1.165, 1.54) is 0 Å². The number of anilines is 1. The van der Waals surface area contributed by atoms with Crippen LogP contribution in [0.15, 0.2) is 47.7 Å². The van der Waals surface area contributed by atoms with Gasteiger partial charge in [-0.3, -0.25) is 4.99 Å².